The summed E-state index contributed by atoms with van der Waals surface area (Å²) < 4.78 is 35.1. The summed E-state index contributed by atoms with van der Waals surface area (Å²) in [5.74, 6) is 0.402. The van der Waals surface area contributed by atoms with Crippen LogP contribution in [0.5, 0.6) is 11.5 Å². The van der Waals surface area contributed by atoms with E-state index in [1.807, 2.05) is 37.3 Å². The molecule has 0 saturated heterocycles. The van der Waals surface area contributed by atoms with Gasteiger partial charge in [-0.1, -0.05) is 71.2 Å². The van der Waals surface area contributed by atoms with E-state index in [-0.39, 0.29) is 11.4 Å². The number of ether oxygens (including phenoxy) is 1. The van der Waals surface area contributed by atoms with Gasteiger partial charge in [0, 0.05) is 16.6 Å². The molecular formula is C30H28Cl2N2O4S. The van der Waals surface area contributed by atoms with Crippen molar-refractivity contribution in [3.63, 3.8) is 0 Å². The Labute approximate surface area is 239 Å². The Kier molecular flexibility index (Phi) is 8.97. The molecule has 0 atom stereocenters. The summed E-state index contributed by atoms with van der Waals surface area (Å²) in [7, 11) is -4.06. The van der Waals surface area contributed by atoms with Crippen molar-refractivity contribution in [2.75, 3.05) is 11.9 Å². The van der Waals surface area contributed by atoms with Gasteiger partial charge >= 0.3 is 0 Å². The standard InChI is InChI=1S/C30H28Cl2N2O4S/c1-20-15-21(2)30(22(3)16-20)39(36,37)34(18-23-9-11-24(31)12-10-23)19-29(35)33-27-17-25(32)13-14-28(27)38-26-7-5-4-6-8-26/h4-17H,18-19H2,1-3H3,(H,33,35). The predicted molar refractivity (Wildman–Crippen MR) is 156 cm³/mol. The van der Waals surface area contributed by atoms with Crippen molar-refractivity contribution < 1.29 is 17.9 Å². The van der Waals surface area contributed by atoms with Gasteiger partial charge in [-0.15, -0.1) is 0 Å². The van der Waals surface area contributed by atoms with E-state index in [4.69, 9.17) is 27.9 Å². The number of aryl methyl sites for hydroxylation is 3. The molecule has 1 amide bonds. The minimum Gasteiger partial charge on any atom is -0.455 e. The lowest BCUT2D eigenvalue weighted by atomic mass is 10.1. The van der Waals surface area contributed by atoms with Crippen LogP contribution in [0.15, 0.2) is 89.8 Å². The normalized spacial score (nSPS) is 11.4. The van der Waals surface area contributed by atoms with Gasteiger partial charge in [0.25, 0.3) is 0 Å². The monoisotopic (exact) mass is 582 g/mol. The van der Waals surface area contributed by atoms with Crippen LogP contribution >= 0.6 is 23.2 Å². The first-order chi connectivity index (χ1) is 18.5. The average Bonchev–Trinajstić information content (AvgIpc) is 2.86. The highest BCUT2D eigenvalue weighted by molar-refractivity contribution is 7.89. The number of anilines is 1. The van der Waals surface area contributed by atoms with Crippen LogP contribution in [0.1, 0.15) is 22.3 Å². The van der Waals surface area contributed by atoms with Crippen molar-refractivity contribution in [1.82, 2.24) is 4.31 Å². The SMILES string of the molecule is Cc1cc(C)c(S(=O)(=O)N(CC(=O)Nc2cc(Cl)ccc2Oc2ccccc2)Cc2ccc(Cl)cc2)c(C)c1. The fourth-order valence-electron chi connectivity index (χ4n) is 4.38. The Hall–Kier alpha value is -3.36. The number of para-hydroxylation sites is 1. The molecule has 0 aliphatic heterocycles. The van der Waals surface area contributed by atoms with Gasteiger partial charge in [-0.25, -0.2) is 8.42 Å². The molecule has 0 radical (unpaired) electrons. The Bertz CT molecular complexity index is 1570. The third-order valence-corrected chi connectivity index (χ3v) is 8.57. The first-order valence-corrected chi connectivity index (χ1v) is 14.4. The van der Waals surface area contributed by atoms with Gasteiger partial charge in [-0.2, -0.15) is 4.31 Å². The second kappa shape index (κ2) is 12.2. The Morgan fingerprint density at radius 1 is 0.846 bits per heavy atom. The van der Waals surface area contributed by atoms with E-state index in [0.29, 0.717) is 43.9 Å². The van der Waals surface area contributed by atoms with Crippen molar-refractivity contribution in [1.29, 1.82) is 0 Å². The van der Waals surface area contributed by atoms with Gasteiger partial charge in [-0.3, -0.25) is 4.79 Å². The minimum atomic E-state index is -4.06. The number of sulfonamides is 1. The van der Waals surface area contributed by atoms with Crippen molar-refractivity contribution in [3.8, 4) is 11.5 Å². The van der Waals surface area contributed by atoms with Crippen molar-refractivity contribution in [2.45, 2.75) is 32.2 Å². The van der Waals surface area contributed by atoms with E-state index in [1.54, 1.807) is 68.4 Å². The van der Waals surface area contributed by atoms with Crippen LogP contribution in [0, 0.1) is 20.8 Å². The summed E-state index contributed by atoms with van der Waals surface area (Å²) in [6.45, 7) is 4.96. The largest absolute Gasteiger partial charge is 0.455 e. The molecule has 1 N–H and O–H groups in total. The number of nitrogens with one attached hydrogen (secondary N) is 1. The number of nitrogens with zero attached hydrogens (tertiary/aromatic N) is 1. The highest BCUT2D eigenvalue weighted by Crippen LogP contribution is 2.32. The van der Waals surface area contributed by atoms with E-state index in [2.05, 4.69) is 5.32 Å². The smallest absolute Gasteiger partial charge is 0.244 e. The summed E-state index contributed by atoms with van der Waals surface area (Å²) >= 11 is 12.2. The molecule has 0 bridgehead atoms. The molecule has 0 heterocycles. The number of amides is 1. The molecule has 0 aliphatic rings. The van der Waals surface area contributed by atoms with Crippen LogP contribution < -0.4 is 10.1 Å². The van der Waals surface area contributed by atoms with Crippen LogP contribution in [0.25, 0.3) is 0 Å². The lowest BCUT2D eigenvalue weighted by Gasteiger charge is -2.24. The molecule has 0 fully saturated rings. The number of carbonyl (C=O) groups excluding carboxylic acids is 1. The topological polar surface area (TPSA) is 75.7 Å². The fourth-order valence-corrected chi connectivity index (χ4v) is 6.47. The third-order valence-electron chi connectivity index (χ3n) is 5.98. The van der Waals surface area contributed by atoms with Crippen LogP contribution in [-0.4, -0.2) is 25.2 Å². The molecular weight excluding hydrogens is 555 g/mol. The van der Waals surface area contributed by atoms with Crippen LogP contribution in [0.2, 0.25) is 10.0 Å². The van der Waals surface area contributed by atoms with E-state index >= 15 is 0 Å². The molecule has 6 nitrogen and oxygen atoms in total. The maximum absolute atomic E-state index is 14.0. The highest BCUT2D eigenvalue weighted by Gasteiger charge is 2.30. The molecule has 4 aromatic rings. The Morgan fingerprint density at radius 2 is 1.46 bits per heavy atom. The number of rotatable bonds is 9. The molecule has 0 unspecified atom stereocenters. The summed E-state index contributed by atoms with van der Waals surface area (Å²) in [5.41, 5.74) is 3.19. The van der Waals surface area contributed by atoms with Crippen LogP contribution in [0.4, 0.5) is 5.69 Å². The molecule has 0 spiro atoms. The minimum absolute atomic E-state index is 0.0252. The molecule has 0 aliphatic carbocycles. The Balaban J connectivity index is 1.66. The first-order valence-electron chi connectivity index (χ1n) is 12.2. The number of hydrogen-bond acceptors (Lipinski definition) is 4. The van der Waals surface area contributed by atoms with E-state index < -0.39 is 22.5 Å². The van der Waals surface area contributed by atoms with E-state index in [9.17, 15) is 13.2 Å². The molecule has 9 heteroatoms. The second-order valence-electron chi connectivity index (χ2n) is 9.23. The van der Waals surface area contributed by atoms with Crippen LogP contribution in [-0.2, 0) is 21.4 Å². The number of halogens is 2. The van der Waals surface area contributed by atoms with Crippen molar-refractivity contribution >= 4 is 44.8 Å². The number of hydrogen-bond donors (Lipinski definition) is 1. The molecule has 0 aromatic heterocycles. The Morgan fingerprint density at radius 3 is 2.10 bits per heavy atom. The second-order valence-corrected chi connectivity index (χ2v) is 12.0. The predicted octanol–water partition coefficient (Wildman–Crippen LogP) is 7.54. The molecule has 4 aromatic carbocycles. The average molecular weight is 584 g/mol. The molecule has 39 heavy (non-hydrogen) atoms. The summed E-state index contributed by atoms with van der Waals surface area (Å²) in [6, 6.07) is 24.4. The summed E-state index contributed by atoms with van der Waals surface area (Å²) in [4.78, 5) is 13.5. The lowest BCUT2D eigenvalue weighted by molar-refractivity contribution is -0.116. The maximum atomic E-state index is 14.0. The zero-order chi connectivity index (χ0) is 28.2. The number of carbonyl (C=O) groups is 1. The van der Waals surface area contributed by atoms with Gasteiger partial charge in [0.15, 0.2) is 5.75 Å². The zero-order valence-corrected chi connectivity index (χ0v) is 24.1. The van der Waals surface area contributed by atoms with Crippen molar-refractivity contribution in [2.24, 2.45) is 0 Å². The van der Waals surface area contributed by atoms with Crippen LogP contribution in [0.3, 0.4) is 0 Å². The highest BCUT2D eigenvalue weighted by atomic mass is 35.5. The quantitative estimate of drug-likeness (QED) is 0.221. The van der Waals surface area contributed by atoms with Gasteiger partial charge < -0.3 is 10.1 Å². The van der Waals surface area contributed by atoms with E-state index in [0.717, 1.165) is 5.56 Å². The molecule has 202 valence electrons. The summed E-state index contributed by atoms with van der Waals surface area (Å²) in [6.07, 6.45) is 0. The van der Waals surface area contributed by atoms with Gasteiger partial charge in [-0.05, 0) is 79.9 Å². The first kappa shape index (κ1) is 28.6. The van der Waals surface area contributed by atoms with E-state index in [1.165, 1.54) is 4.31 Å². The maximum Gasteiger partial charge on any atom is 0.244 e. The van der Waals surface area contributed by atoms with Gasteiger partial charge in [0.1, 0.15) is 5.75 Å². The zero-order valence-electron chi connectivity index (χ0n) is 21.7. The molecule has 4 rings (SSSR count). The third kappa shape index (κ3) is 7.19. The number of benzene rings is 4. The van der Waals surface area contributed by atoms with Crippen molar-refractivity contribution in [3.05, 3.63) is 117 Å². The lowest BCUT2D eigenvalue weighted by Crippen LogP contribution is -2.38. The summed E-state index contributed by atoms with van der Waals surface area (Å²) in [5, 5.41) is 3.70. The van der Waals surface area contributed by atoms with Gasteiger partial charge in [0.2, 0.25) is 15.9 Å². The van der Waals surface area contributed by atoms with Gasteiger partial charge in [0.05, 0.1) is 17.1 Å². The fraction of sp³-hybridized carbons (Fsp3) is 0.167. The molecule has 0 saturated carbocycles.